The van der Waals surface area contributed by atoms with Gasteiger partial charge in [0.25, 0.3) is 0 Å². The second-order valence-corrected chi connectivity index (χ2v) is 6.61. The lowest BCUT2D eigenvalue weighted by Gasteiger charge is -2.33. The summed E-state index contributed by atoms with van der Waals surface area (Å²) >= 11 is 6.31. The summed E-state index contributed by atoms with van der Waals surface area (Å²) in [5.74, 6) is 0.649. The van der Waals surface area contributed by atoms with Crippen molar-refractivity contribution in [3.05, 3.63) is 23.0 Å². The van der Waals surface area contributed by atoms with Crippen LogP contribution in [0.3, 0.4) is 0 Å². The summed E-state index contributed by atoms with van der Waals surface area (Å²) < 4.78 is 12.1. The molecule has 3 N–H and O–H groups in total. The molecule has 3 aromatic rings. The number of fused-ring (bicyclic) bond motifs is 1. The number of halogens is 1. The molecule has 0 bridgehead atoms. The highest BCUT2D eigenvalue weighted by atomic mass is 35.5. The molecule has 0 aliphatic carbocycles. The SMILES string of the molecule is CC(C)n1nc(-c2cc(C3(O)COC3)on2)c2c(N)ncc(Cl)c21. The molecule has 0 spiro atoms. The summed E-state index contributed by atoms with van der Waals surface area (Å²) in [4.78, 5) is 4.11. The van der Waals surface area contributed by atoms with Gasteiger partial charge in [0.2, 0.25) is 0 Å². The molecule has 0 aromatic carbocycles. The van der Waals surface area contributed by atoms with Gasteiger partial charge in [0.1, 0.15) is 17.2 Å². The average molecular weight is 350 g/mol. The van der Waals surface area contributed by atoms with E-state index in [-0.39, 0.29) is 19.3 Å². The predicted octanol–water partition coefficient (Wildman–Crippen LogP) is 2.12. The number of pyridine rings is 1. The predicted molar refractivity (Wildman–Crippen MR) is 87.5 cm³/mol. The lowest BCUT2D eigenvalue weighted by atomic mass is 9.98. The van der Waals surface area contributed by atoms with Crippen molar-refractivity contribution in [1.82, 2.24) is 19.9 Å². The largest absolute Gasteiger partial charge is 0.383 e. The minimum Gasteiger partial charge on any atom is -0.383 e. The summed E-state index contributed by atoms with van der Waals surface area (Å²) in [6, 6.07) is 1.71. The molecule has 0 amide bonds. The van der Waals surface area contributed by atoms with Crippen LogP contribution in [0.2, 0.25) is 5.02 Å². The van der Waals surface area contributed by atoms with E-state index in [4.69, 9.17) is 26.6 Å². The summed E-state index contributed by atoms with van der Waals surface area (Å²) in [6.07, 6.45) is 1.51. The van der Waals surface area contributed by atoms with E-state index in [1.165, 1.54) is 6.20 Å². The van der Waals surface area contributed by atoms with Gasteiger partial charge in [0.15, 0.2) is 11.4 Å². The molecule has 24 heavy (non-hydrogen) atoms. The van der Waals surface area contributed by atoms with E-state index in [0.717, 1.165) is 0 Å². The third-order valence-electron chi connectivity index (χ3n) is 4.09. The molecule has 0 atom stereocenters. The van der Waals surface area contributed by atoms with E-state index >= 15 is 0 Å². The number of nitrogens with two attached hydrogens (primary N) is 1. The Hall–Kier alpha value is -2.16. The van der Waals surface area contributed by atoms with Crippen LogP contribution in [0.25, 0.3) is 22.3 Å². The van der Waals surface area contributed by atoms with Crippen LogP contribution in [-0.2, 0) is 10.3 Å². The molecule has 1 saturated heterocycles. The minimum atomic E-state index is -1.14. The summed E-state index contributed by atoms with van der Waals surface area (Å²) in [5.41, 5.74) is 6.60. The van der Waals surface area contributed by atoms with Crippen molar-refractivity contribution in [1.29, 1.82) is 0 Å². The van der Waals surface area contributed by atoms with Crippen molar-refractivity contribution in [3.63, 3.8) is 0 Å². The number of rotatable bonds is 3. The number of aliphatic hydroxyl groups is 1. The van der Waals surface area contributed by atoms with Gasteiger partial charge in [-0.05, 0) is 13.8 Å². The first-order valence-electron chi connectivity index (χ1n) is 7.50. The molecule has 1 fully saturated rings. The van der Waals surface area contributed by atoms with Gasteiger partial charge < -0.3 is 20.1 Å². The molecule has 126 valence electrons. The van der Waals surface area contributed by atoms with Gasteiger partial charge in [-0.2, -0.15) is 5.10 Å². The Balaban J connectivity index is 1.93. The van der Waals surface area contributed by atoms with Crippen molar-refractivity contribution in [2.24, 2.45) is 0 Å². The number of nitrogen functional groups attached to an aromatic ring is 1. The first-order valence-corrected chi connectivity index (χ1v) is 7.88. The fourth-order valence-corrected chi connectivity index (χ4v) is 2.98. The van der Waals surface area contributed by atoms with Crippen LogP contribution < -0.4 is 5.73 Å². The molecule has 9 heteroatoms. The molecular weight excluding hydrogens is 334 g/mol. The Kier molecular flexibility index (Phi) is 3.31. The quantitative estimate of drug-likeness (QED) is 0.744. The lowest BCUT2D eigenvalue weighted by molar-refractivity contribution is -0.195. The molecule has 1 aliphatic heterocycles. The van der Waals surface area contributed by atoms with Crippen LogP contribution >= 0.6 is 11.6 Å². The zero-order valence-electron chi connectivity index (χ0n) is 13.2. The Morgan fingerprint density at radius 1 is 1.42 bits per heavy atom. The van der Waals surface area contributed by atoms with Crippen molar-refractivity contribution < 1.29 is 14.4 Å². The first kappa shape index (κ1) is 15.4. The zero-order valence-corrected chi connectivity index (χ0v) is 13.9. The standard InChI is InChI=1S/C15H16ClN5O3/c1-7(2)21-13-8(16)4-18-14(17)11(13)12(19-21)9-3-10(24-20-9)15(22)5-23-6-15/h3-4,7,22H,5-6H2,1-2H3,(H2,17,18). The van der Waals surface area contributed by atoms with Gasteiger partial charge in [0, 0.05) is 12.1 Å². The number of anilines is 1. The molecule has 1 aliphatic rings. The van der Waals surface area contributed by atoms with Gasteiger partial charge in [-0.25, -0.2) is 4.98 Å². The fraction of sp³-hybridized carbons (Fsp3) is 0.400. The Morgan fingerprint density at radius 2 is 2.17 bits per heavy atom. The second kappa shape index (κ2) is 5.17. The molecule has 3 aromatic heterocycles. The van der Waals surface area contributed by atoms with Gasteiger partial charge in [0.05, 0.1) is 35.3 Å². The smallest absolute Gasteiger partial charge is 0.173 e. The number of hydrogen-bond acceptors (Lipinski definition) is 7. The number of aromatic nitrogens is 4. The number of hydrogen-bond donors (Lipinski definition) is 2. The maximum absolute atomic E-state index is 10.3. The van der Waals surface area contributed by atoms with Gasteiger partial charge >= 0.3 is 0 Å². The summed E-state index contributed by atoms with van der Waals surface area (Å²) in [5, 5.41) is 20.0. The molecule has 0 unspecified atom stereocenters. The highest BCUT2D eigenvalue weighted by Gasteiger charge is 2.42. The van der Waals surface area contributed by atoms with Gasteiger partial charge in [-0.3, -0.25) is 4.68 Å². The highest BCUT2D eigenvalue weighted by molar-refractivity contribution is 6.35. The van der Waals surface area contributed by atoms with Crippen LogP contribution in [0, 0.1) is 0 Å². The molecule has 4 rings (SSSR count). The zero-order chi connectivity index (χ0) is 17.1. The number of ether oxygens (including phenoxy) is 1. The Labute approximate surface area is 142 Å². The molecule has 4 heterocycles. The maximum Gasteiger partial charge on any atom is 0.173 e. The average Bonchev–Trinajstić information content (AvgIpc) is 3.13. The molecule has 0 radical (unpaired) electrons. The maximum atomic E-state index is 10.3. The second-order valence-electron chi connectivity index (χ2n) is 6.20. The number of nitrogens with zero attached hydrogens (tertiary/aromatic N) is 4. The molecule has 0 saturated carbocycles. The summed E-state index contributed by atoms with van der Waals surface area (Å²) in [6.45, 7) is 4.34. The van der Waals surface area contributed by atoms with Crippen molar-refractivity contribution in [3.8, 4) is 11.4 Å². The van der Waals surface area contributed by atoms with E-state index in [2.05, 4.69) is 15.2 Å². The van der Waals surface area contributed by atoms with Crippen molar-refractivity contribution in [2.45, 2.75) is 25.5 Å². The third kappa shape index (κ3) is 2.10. The van der Waals surface area contributed by atoms with E-state index in [0.29, 0.717) is 38.9 Å². The van der Waals surface area contributed by atoms with E-state index in [1.54, 1.807) is 10.7 Å². The van der Waals surface area contributed by atoms with E-state index in [9.17, 15) is 5.11 Å². The van der Waals surface area contributed by atoms with Crippen LogP contribution in [0.4, 0.5) is 5.82 Å². The fourth-order valence-electron chi connectivity index (χ4n) is 2.75. The molecule has 8 nitrogen and oxygen atoms in total. The van der Waals surface area contributed by atoms with Gasteiger partial charge in [-0.1, -0.05) is 16.8 Å². The molecular formula is C15H16ClN5O3. The topological polar surface area (TPSA) is 112 Å². The minimum absolute atomic E-state index is 0.0659. The van der Waals surface area contributed by atoms with Crippen LogP contribution in [0.1, 0.15) is 25.6 Å². The first-order chi connectivity index (χ1) is 11.4. The lowest BCUT2D eigenvalue weighted by Crippen LogP contribution is -2.46. The van der Waals surface area contributed by atoms with Crippen LogP contribution in [0.15, 0.2) is 16.8 Å². The van der Waals surface area contributed by atoms with E-state index < -0.39 is 5.60 Å². The van der Waals surface area contributed by atoms with Crippen LogP contribution in [0.5, 0.6) is 0 Å². The highest BCUT2D eigenvalue weighted by Crippen LogP contribution is 2.38. The normalized spacial score (nSPS) is 16.7. The van der Waals surface area contributed by atoms with E-state index in [1.807, 2.05) is 13.8 Å². The van der Waals surface area contributed by atoms with Crippen LogP contribution in [-0.4, -0.2) is 38.2 Å². The van der Waals surface area contributed by atoms with Gasteiger partial charge in [-0.15, -0.1) is 0 Å². The Morgan fingerprint density at radius 3 is 2.79 bits per heavy atom. The Bertz CT molecular complexity index is 929. The van der Waals surface area contributed by atoms with Crippen molar-refractivity contribution in [2.75, 3.05) is 18.9 Å². The third-order valence-corrected chi connectivity index (χ3v) is 4.37. The van der Waals surface area contributed by atoms with Crippen molar-refractivity contribution >= 4 is 28.3 Å². The monoisotopic (exact) mass is 349 g/mol. The summed E-state index contributed by atoms with van der Waals surface area (Å²) in [7, 11) is 0.